The first-order valence-corrected chi connectivity index (χ1v) is 8.69. The van der Waals surface area contributed by atoms with Crippen LogP contribution in [0.3, 0.4) is 0 Å². The summed E-state index contributed by atoms with van der Waals surface area (Å²) in [6, 6.07) is 4.38. The Hall–Kier alpha value is -2.35. The monoisotopic (exact) mass is 401 g/mol. The van der Waals surface area contributed by atoms with Crippen molar-refractivity contribution >= 4 is 29.0 Å². The van der Waals surface area contributed by atoms with Crippen LogP contribution in [0.1, 0.15) is 35.2 Å². The van der Waals surface area contributed by atoms with Gasteiger partial charge in [-0.25, -0.2) is 9.37 Å². The number of rotatable bonds is 5. The Morgan fingerprint density at radius 2 is 2.00 bits per heavy atom. The van der Waals surface area contributed by atoms with Gasteiger partial charge < -0.3 is 10.6 Å². The van der Waals surface area contributed by atoms with E-state index in [1.54, 1.807) is 0 Å². The molecule has 1 aliphatic carbocycles. The third-order valence-corrected chi connectivity index (χ3v) is 4.66. The smallest absolute Gasteiger partial charge is 0.352 e. The Morgan fingerprint density at radius 1 is 1.26 bits per heavy atom. The van der Waals surface area contributed by atoms with E-state index < -0.39 is 29.0 Å². The molecule has 1 heterocycles. The predicted molar refractivity (Wildman–Crippen MR) is 93.6 cm³/mol. The summed E-state index contributed by atoms with van der Waals surface area (Å²) in [6.07, 6.45) is -0.937. The van der Waals surface area contributed by atoms with Crippen molar-refractivity contribution in [1.82, 2.24) is 10.3 Å². The average molecular weight is 402 g/mol. The van der Waals surface area contributed by atoms with Crippen LogP contribution < -0.4 is 10.6 Å². The molecule has 9 heteroatoms. The maximum absolute atomic E-state index is 13.8. The van der Waals surface area contributed by atoms with Gasteiger partial charge in [0.15, 0.2) is 0 Å². The van der Waals surface area contributed by atoms with Crippen LogP contribution in [0.25, 0.3) is 0 Å². The van der Waals surface area contributed by atoms with Crippen LogP contribution in [0, 0.1) is 11.7 Å². The molecule has 1 aromatic carbocycles. The van der Waals surface area contributed by atoms with Gasteiger partial charge in [-0.05, 0) is 43.0 Å². The molecule has 3 rings (SSSR count). The number of hydrogen-bond donors (Lipinski definition) is 2. The number of amides is 1. The molecule has 0 unspecified atom stereocenters. The quantitative estimate of drug-likeness (QED) is 0.680. The van der Waals surface area contributed by atoms with Crippen molar-refractivity contribution in [3.8, 4) is 0 Å². The fourth-order valence-corrected chi connectivity index (χ4v) is 2.86. The molecule has 0 saturated heterocycles. The number of hydrogen-bond acceptors (Lipinski definition) is 3. The van der Waals surface area contributed by atoms with Gasteiger partial charge in [0.1, 0.15) is 11.6 Å². The predicted octanol–water partition coefficient (Wildman–Crippen LogP) is 5.17. The van der Waals surface area contributed by atoms with Crippen LogP contribution in [0.4, 0.5) is 29.1 Å². The number of alkyl halides is 3. The van der Waals surface area contributed by atoms with Gasteiger partial charge in [-0.3, -0.25) is 4.79 Å². The Kier molecular flexibility index (Phi) is 5.55. The number of anilines is 2. The van der Waals surface area contributed by atoms with E-state index in [1.165, 1.54) is 12.1 Å². The van der Waals surface area contributed by atoms with Gasteiger partial charge in [0.25, 0.3) is 5.91 Å². The molecule has 4 nitrogen and oxygen atoms in total. The molecule has 2 N–H and O–H groups in total. The molecule has 1 saturated carbocycles. The Morgan fingerprint density at radius 3 is 2.59 bits per heavy atom. The molecular formula is C18H16ClF4N3O. The van der Waals surface area contributed by atoms with Crippen LogP contribution in [-0.4, -0.2) is 17.4 Å². The number of aromatic nitrogens is 1. The fourth-order valence-electron chi connectivity index (χ4n) is 2.70. The van der Waals surface area contributed by atoms with E-state index in [0.717, 1.165) is 31.5 Å². The second-order valence-electron chi connectivity index (χ2n) is 6.37. The second kappa shape index (κ2) is 7.72. The molecule has 2 aromatic rings. The third-order valence-electron chi connectivity index (χ3n) is 4.42. The maximum atomic E-state index is 13.8. The van der Waals surface area contributed by atoms with Crippen LogP contribution in [0.5, 0.6) is 0 Å². The van der Waals surface area contributed by atoms with Crippen LogP contribution >= 0.6 is 11.6 Å². The minimum Gasteiger partial charge on any atom is -0.352 e. The highest BCUT2D eigenvalue weighted by Crippen LogP contribution is 2.34. The van der Waals surface area contributed by atoms with E-state index in [2.05, 4.69) is 15.6 Å². The molecule has 0 aliphatic heterocycles. The second-order valence-corrected chi connectivity index (χ2v) is 6.81. The van der Waals surface area contributed by atoms with E-state index in [0.29, 0.717) is 18.5 Å². The van der Waals surface area contributed by atoms with E-state index in [1.807, 2.05) is 0 Å². The Bertz CT molecular complexity index is 853. The van der Waals surface area contributed by atoms with Crippen LogP contribution in [0.2, 0.25) is 5.02 Å². The Labute approximate surface area is 157 Å². The summed E-state index contributed by atoms with van der Waals surface area (Å²) >= 11 is 5.65. The lowest BCUT2D eigenvalue weighted by Gasteiger charge is -2.25. The number of carbonyl (C=O) groups is 1. The molecule has 0 radical (unpaired) electrons. The highest BCUT2D eigenvalue weighted by molar-refractivity contribution is 6.30. The molecule has 0 spiro atoms. The number of nitrogens with zero attached hydrogens (tertiary/aromatic N) is 1. The summed E-state index contributed by atoms with van der Waals surface area (Å²) in [6.45, 7) is 0.339. The SMILES string of the molecule is O=C(NCC1CCC1)c1cnc(Nc2ccc(Cl)cc2F)cc1C(F)(F)F. The van der Waals surface area contributed by atoms with Gasteiger partial charge in [0.05, 0.1) is 16.8 Å². The first-order valence-electron chi connectivity index (χ1n) is 8.31. The van der Waals surface area contributed by atoms with Crippen LogP contribution in [-0.2, 0) is 6.18 Å². The normalized spacial score (nSPS) is 14.6. The van der Waals surface area contributed by atoms with E-state index in [-0.39, 0.29) is 16.5 Å². The number of nitrogens with one attached hydrogen (secondary N) is 2. The zero-order valence-electron chi connectivity index (χ0n) is 14.0. The van der Waals surface area contributed by atoms with Gasteiger partial charge in [-0.15, -0.1) is 0 Å². The number of benzene rings is 1. The van der Waals surface area contributed by atoms with Gasteiger partial charge >= 0.3 is 6.18 Å². The van der Waals surface area contributed by atoms with Crippen molar-refractivity contribution in [3.05, 3.63) is 52.4 Å². The minimum absolute atomic E-state index is 0.0813. The van der Waals surface area contributed by atoms with E-state index >= 15 is 0 Å². The lowest BCUT2D eigenvalue weighted by molar-refractivity contribution is -0.137. The van der Waals surface area contributed by atoms with Gasteiger partial charge in [0, 0.05) is 17.8 Å². The average Bonchev–Trinajstić information content (AvgIpc) is 2.55. The van der Waals surface area contributed by atoms with Crippen molar-refractivity contribution < 1.29 is 22.4 Å². The summed E-state index contributed by atoms with van der Waals surface area (Å²) < 4.78 is 54.1. The summed E-state index contributed by atoms with van der Waals surface area (Å²) in [5.74, 6) is -1.49. The van der Waals surface area contributed by atoms with E-state index in [9.17, 15) is 22.4 Å². The minimum atomic E-state index is -4.76. The highest BCUT2D eigenvalue weighted by Gasteiger charge is 2.36. The molecular weight excluding hydrogens is 386 g/mol. The van der Waals surface area contributed by atoms with Crippen LogP contribution in [0.15, 0.2) is 30.5 Å². The first-order chi connectivity index (χ1) is 12.7. The summed E-state index contributed by atoms with van der Waals surface area (Å²) in [4.78, 5) is 16.0. The number of carbonyl (C=O) groups excluding carboxylic acids is 1. The summed E-state index contributed by atoms with van der Waals surface area (Å²) in [5, 5.41) is 5.15. The maximum Gasteiger partial charge on any atom is 0.417 e. The topological polar surface area (TPSA) is 54.0 Å². The summed E-state index contributed by atoms with van der Waals surface area (Å²) in [7, 11) is 0. The summed E-state index contributed by atoms with van der Waals surface area (Å²) in [5.41, 5.74) is -1.79. The molecule has 27 heavy (non-hydrogen) atoms. The zero-order chi connectivity index (χ0) is 19.6. The van der Waals surface area contributed by atoms with Crippen molar-refractivity contribution in [2.24, 2.45) is 5.92 Å². The van der Waals surface area contributed by atoms with Gasteiger partial charge in [-0.1, -0.05) is 18.0 Å². The number of halogens is 5. The van der Waals surface area contributed by atoms with E-state index in [4.69, 9.17) is 11.6 Å². The Balaban J connectivity index is 1.83. The fraction of sp³-hybridized carbons (Fsp3) is 0.333. The molecule has 1 amide bonds. The zero-order valence-corrected chi connectivity index (χ0v) is 14.8. The van der Waals surface area contributed by atoms with Crippen molar-refractivity contribution in [2.45, 2.75) is 25.4 Å². The molecule has 1 fully saturated rings. The first kappa shape index (κ1) is 19.4. The number of pyridine rings is 1. The molecule has 0 bridgehead atoms. The third kappa shape index (κ3) is 4.68. The largest absolute Gasteiger partial charge is 0.417 e. The molecule has 0 atom stereocenters. The molecule has 1 aromatic heterocycles. The lowest BCUT2D eigenvalue weighted by Crippen LogP contribution is -2.33. The highest BCUT2D eigenvalue weighted by atomic mass is 35.5. The molecule has 144 valence electrons. The van der Waals surface area contributed by atoms with Crippen molar-refractivity contribution in [3.63, 3.8) is 0 Å². The lowest BCUT2D eigenvalue weighted by atomic mass is 9.85. The van der Waals surface area contributed by atoms with Gasteiger partial charge in [-0.2, -0.15) is 13.2 Å². The standard InChI is InChI=1S/C18H16ClF4N3O/c19-11-4-5-15(14(20)6-11)26-16-7-13(18(21,22)23)12(9-24-16)17(27)25-8-10-2-1-3-10/h4-7,9-10H,1-3,8H2,(H,24,26)(H,25,27). The van der Waals surface area contributed by atoms with Crippen molar-refractivity contribution in [1.29, 1.82) is 0 Å². The molecule has 1 aliphatic rings. The van der Waals surface area contributed by atoms with Crippen molar-refractivity contribution in [2.75, 3.05) is 11.9 Å². The van der Waals surface area contributed by atoms with Gasteiger partial charge in [0.2, 0.25) is 0 Å².